The molecule has 4 aliphatic heterocycles. The van der Waals surface area contributed by atoms with Gasteiger partial charge in [0.15, 0.2) is 0 Å². The van der Waals surface area contributed by atoms with Crippen molar-refractivity contribution in [3.05, 3.63) is 0 Å². The van der Waals surface area contributed by atoms with Crippen LogP contribution in [0.1, 0.15) is 52.9 Å². The predicted molar refractivity (Wildman–Crippen MR) is 137 cm³/mol. The highest BCUT2D eigenvalue weighted by molar-refractivity contribution is 5.83. The molecular formula is C27H44N4O7. The summed E-state index contributed by atoms with van der Waals surface area (Å²) in [6.45, 7) is 9.00. The van der Waals surface area contributed by atoms with Gasteiger partial charge in [-0.05, 0) is 30.6 Å². The summed E-state index contributed by atoms with van der Waals surface area (Å²) in [5, 5.41) is 24.5. The van der Waals surface area contributed by atoms with Gasteiger partial charge in [-0.2, -0.15) is 0 Å². The van der Waals surface area contributed by atoms with Gasteiger partial charge in [0.25, 0.3) is 0 Å². The van der Waals surface area contributed by atoms with E-state index >= 15 is 0 Å². The molecular weight excluding hydrogens is 492 g/mol. The molecule has 5 fully saturated rings. The topological polar surface area (TPSA) is 132 Å². The van der Waals surface area contributed by atoms with E-state index in [-0.39, 0.29) is 60.8 Å². The second-order valence-corrected chi connectivity index (χ2v) is 13.1. The number of aliphatic hydroxyl groups excluding tert-OH is 2. The van der Waals surface area contributed by atoms with Gasteiger partial charge in [0.1, 0.15) is 18.3 Å². The fourth-order valence-corrected chi connectivity index (χ4v) is 6.26. The summed E-state index contributed by atoms with van der Waals surface area (Å²) < 4.78 is 12.0. The first kappa shape index (κ1) is 27.8. The fraction of sp³-hybridized carbons (Fsp3) is 0.889. The molecule has 0 aromatic carbocycles. The van der Waals surface area contributed by atoms with E-state index in [0.717, 1.165) is 6.54 Å². The van der Waals surface area contributed by atoms with Crippen molar-refractivity contribution >= 4 is 17.7 Å². The van der Waals surface area contributed by atoms with Crippen molar-refractivity contribution < 1.29 is 34.1 Å². The molecule has 5 aliphatic rings. The normalized spacial score (nSPS) is 37.4. The molecule has 1 aliphatic carbocycles. The number of hydrogen-bond acceptors (Lipinski definition) is 8. The van der Waals surface area contributed by atoms with Crippen LogP contribution in [-0.2, 0) is 23.9 Å². The van der Waals surface area contributed by atoms with E-state index in [1.165, 1.54) is 12.8 Å². The van der Waals surface area contributed by atoms with Crippen LogP contribution in [0.15, 0.2) is 0 Å². The van der Waals surface area contributed by atoms with Crippen molar-refractivity contribution in [3.8, 4) is 0 Å². The molecule has 0 unspecified atom stereocenters. The van der Waals surface area contributed by atoms with Gasteiger partial charge >= 0.3 is 0 Å². The molecule has 0 radical (unpaired) electrons. The van der Waals surface area contributed by atoms with Crippen LogP contribution in [0.5, 0.6) is 0 Å². The smallest absolute Gasteiger partial charge is 0.240 e. The monoisotopic (exact) mass is 536 g/mol. The van der Waals surface area contributed by atoms with Crippen LogP contribution in [0.2, 0.25) is 0 Å². The number of rotatable bonds is 3. The molecule has 214 valence electrons. The summed E-state index contributed by atoms with van der Waals surface area (Å²) in [6.07, 6.45) is -1.43. The Morgan fingerprint density at radius 3 is 2.50 bits per heavy atom. The summed E-state index contributed by atoms with van der Waals surface area (Å²) in [6, 6.07) is -0.463. The minimum absolute atomic E-state index is 0.0598. The molecule has 11 heteroatoms. The zero-order valence-electron chi connectivity index (χ0n) is 22.9. The van der Waals surface area contributed by atoms with E-state index in [2.05, 4.69) is 10.2 Å². The van der Waals surface area contributed by atoms with Gasteiger partial charge in [-0.1, -0.05) is 20.8 Å². The number of amides is 3. The number of nitrogens with one attached hydrogen (secondary N) is 1. The SMILES string of the molecule is CC(C)(C)CC(=O)N1C[C@@H]2CN(CCO2)C(=O)[C@@H]2C[C@@H](CN2CC2CC2)NC(=O)C[C@@H]2O[C@H](C1)[C@@H](O)[C@H]2O. The lowest BCUT2D eigenvalue weighted by molar-refractivity contribution is -0.147. The van der Waals surface area contributed by atoms with Crippen LogP contribution in [0, 0.1) is 11.3 Å². The number of nitrogens with zero attached hydrogens (tertiary/aromatic N) is 3. The zero-order chi connectivity index (χ0) is 27.2. The molecule has 3 amide bonds. The Balaban J connectivity index is 1.40. The lowest BCUT2D eigenvalue weighted by atomic mass is 9.91. The Bertz CT molecular complexity index is 906. The van der Waals surface area contributed by atoms with Gasteiger partial charge in [0.05, 0.1) is 31.3 Å². The van der Waals surface area contributed by atoms with E-state index in [1.54, 1.807) is 4.90 Å². The Morgan fingerprint density at radius 1 is 1.05 bits per heavy atom. The number of likely N-dealkylation sites (tertiary alicyclic amines) is 1. The number of ether oxygens (including phenoxy) is 2. The minimum Gasteiger partial charge on any atom is -0.388 e. The third-order valence-electron chi connectivity index (χ3n) is 8.40. The molecule has 4 heterocycles. The van der Waals surface area contributed by atoms with Gasteiger partial charge in [0.2, 0.25) is 17.7 Å². The summed E-state index contributed by atoms with van der Waals surface area (Å²) in [5.74, 6) is 0.288. The molecule has 0 aromatic heterocycles. The van der Waals surface area contributed by atoms with E-state index < -0.39 is 24.4 Å². The van der Waals surface area contributed by atoms with Gasteiger partial charge in [-0.3, -0.25) is 19.3 Å². The Hall–Kier alpha value is -1.79. The molecule has 3 N–H and O–H groups in total. The molecule has 0 spiro atoms. The highest BCUT2D eigenvalue weighted by Crippen LogP contribution is 2.33. The first-order chi connectivity index (χ1) is 18.0. The summed E-state index contributed by atoms with van der Waals surface area (Å²) in [4.78, 5) is 45.8. The van der Waals surface area contributed by atoms with Gasteiger partial charge < -0.3 is 34.8 Å². The molecule has 1 saturated carbocycles. The van der Waals surface area contributed by atoms with E-state index in [4.69, 9.17) is 9.47 Å². The van der Waals surface area contributed by atoms with Crippen molar-refractivity contribution in [2.45, 2.75) is 95.5 Å². The van der Waals surface area contributed by atoms with Crippen molar-refractivity contribution in [1.29, 1.82) is 0 Å². The van der Waals surface area contributed by atoms with Crippen LogP contribution in [0.3, 0.4) is 0 Å². The van der Waals surface area contributed by atoms with E-state index in [9.17, 15) is 24.6 Å². The molecule has 4 saturated heterocycles. The van der Waals surface area contributed by atoms with E-state index in [1.807, 2.05) is 25.7 Å². The van der Waals surface area contributed by atoms with Crippen LogP contribution in [0.4, 0.5) is 0 Å². The third-order valence-corrected chi connectivity index (χ3v) is 8.40. The quantitative estimate of drug-likeness (QED) is 0.433. The Labute approximate surface area is 224 Å². The first-order valence-corrected chi connectivity index (χ1v) is 14.2. The molecule has 0 aromatic rings. The van der Waals surface area contributed by atoms with Gasteiger partial charge in [-0.25, -0.2) is 0 Å². The average Bonchev–Trinajstić information content (AvgIpc) is 3.52. The molecule has 11 nitrogen and oxygen atoms in total. The highest BCUT2D eigenvalue weighted by atomic mass is 16.5. The Kier molecular flexibility index (Phi) is 8.04. The second kappa shape index (κ2) is 11.0. The van der Waals surface area contributed by atoms with Crippen molar-refractivity contribution in [1.82, 2.24) is 20.0 Å². The minimum atomic E-state index is -1.23. The second-order valence-electron chi connectivity index (χ2n) is 13.1. The van der Waals surface area contributed by atoms with Crippen LogP contribution in [0.25, 0.3) is 0 Å². The first-order valence-electron chi connectivity index (χ1n) is 14.2. The maximum absolute atomic E-state index is 13.8. The average molecular weight is 537 g/mol. The summed E-state index contributed by atoms with van der Waals surface area (Å²) in [5.41, 5.74) is -0.249. The fourth-order valence-electron chi connectivity index (χ4n) is 6.26. The predicted octanol–water partition coefficient (Wildman–Crippen LogP) is -0.659. The number of aliphatic hydroxyl groups is 2. The third kappa shape index (κ3) is 6.50. The van der Waals surface area contributed by atoms with Crippen LogP contribution in [-0.4, -0.2) is 131 Å². The molecule has 38 heavy (non-hydrogen) atoms. The number of hydrogen-bond donors (Lipinski definition) is 3. The van der Waals surface area contributed by atoms with Crippen molar-refractivity contribution in [3.63, 3.8) is 0 Å². The van der Waals surface area contributed by atoms with Gasteiger partial charge in [-0.15, -0.1) is 0 Å². The maximum atomic E-state index is 13.8. The molecule has 5 rings (SSSR count). The number of carbonyl (C=O) groups is 3. The summed E-state index contributed by atoms with van der Waals surface area (Å²) >= 11 is 0. The number of fused-ring (bicyclic) bond motifs is 6. The van der Waals surface area contributed by atoms with Crippen LogP contribution >= 0.6 is 0 Å². The van der Waals surface area contributed by atoms with Crippen molar-refractivity contribution in [2.75, 3.05) is 45.9 Å². The largest absolute Gasteiger partial charge is 0.388 e. The summed E-state index contributed by atoms with van der Waals surface area (Å²) in [7, 11) is 0. The number of morpholine rings is 1. The lowest BCUT2D eigenvalue weighted by Crippen LogP contribution is -2.55. The highest BCUT2D eigenvalue weighted by Gasteiger charge is 2.47. The molecule has 6 bridgehead atoms. The standard InChI is InChI=1S/C27H44N4O7/c1-27(2,3)10-23(33)31-14-18-13-29(6-7-37-18)26(36)19-8-17(12-30(19)11-16-4-5-16)28-22(32)9-20-24(34)25(35)21(15-31)38-20/h16-21,24-25,34-35H,4-15H2,1-3H3,(H,28,32)/t17-,18-,19-,20-,21+,24-,25+/m0/s1. The zero-order valence-corrected chi connectivity index (χ0v) is 22.9. The van der Waals surface area contributed by atoms with Crippen molar-refractivity contribution in [2.24, 2.45) is 11.3 Å². The van der Waals surface area contributed by atoms with Gasteiger partial charge in [0, 0.05) is 51.7 Å². The maximum Gasteiger partial charge on any atom is 0.240 e. The van der Waals surface area contributed by atoms with Crippen LogP contribution < -0.4 is 5.32 Å². The number of carbonyl (C=O) groups excluding carboxylic acids is 3. The van der Waals surface area contributed by atoms with E-state index in [0.29, 0.717) is 45.0 Å². The molecule has 7 atom stereocenters. The lowest BCUT2D eigenvalue weighted by Gasteiger charge is -2.39. The Morgan fingerprint density at radius 2 is 1.79 bits per heavy atom.